The Labute approximate surface area is 87.7 Å². The molecule has 1 aromatic rings. The molecule has 1 aliphatic rings. The summed E-state index contributed by atoms with van der Waals surface area (Å²) in [6.07, 6.45) is 0.285. The van der Waals surface area contributed by atoms with Gasteiger partial charge in [0.05, 0.1) is 5.69 Å². The molecule has 0 aromatic heterocycles. The van der Waals surface area contributed by atoms with E-state index in [1.165, 1.54) is 4.90 Å². The van der Waals surface area contributed by atoms with Gasteiger partial charge >= 0.3 is 0 Å². The number of amides is 2. The van der Waals surface area contributed by atoms with Crippen LogP contribution in [0.3, 0.4) is 0 Å². The Kier molecular flexibility index (Phi) is 2.19. The molecule has 1 atom stereocenters. The van der Waals surface area contributed by atoms with Crippen LogP contribution in [-0.2, 0) is 9.59 Å². The van der Waals surface area contributed by atoms with Gasteiger partial charge in [0, 0.05) is 18.0 Å². The van der Waals surface area contributed by atoms with Crippen molar-refractivity contribution in [1.82, 2.24) is 0 Å². The molecule has 0 spiro atoms. The van der Waals surface area contributed by atoms with Crippen molar-refractivity contribution in [3.8, 4) is 0 Å². The van der Waals surface area contributed by atoms with Crippen molar-refractivity contribution in [2.45, 2.75) is 13.3 Å². The molecule has 15 heavy (non-hydrogen) atoms. The average Bonchev–Trinajstić information content (AvgIpc) is 2.41. The molecule has 0 aliphatic carbocycles. The minimum atomic E-state index is -0.223. The largest absolute Gasteiger partial charge is 0.399 e. The molecule has 1 fully saturated rings. The lowest BCUT2D eigenvalue weighted by Crippen LogP contribution is -2.29. The van der Waals surface area contributed by atoms with Gasteiger partial charge in [-0.3, -0.25) is 14.5 Å². The molecule has 2 N–H and O–H groups in total. The van der Waals surface area contributed by atoms with Gasteiger partial charge in [-0.15, -0.1) is 0 Å². The van der Waals surface area contributed by atoms with E-state index >= 15 is 0 Å². The van der Waals surface area contributed by atoms with E-state index in [-0.39, 0.29) is 24.2 Å². The molecule has 1 heterocycles. The van der Waals surface area contributed by atoms with E-state index in [0.717, 1.165) is 0 Å². The molecule has 1 saturated heterocycles. The van der Waals surface area contributed by atoms with Crippen molar-refractivity contribution < 1.29 is 9.59 Å². The quantitative estimate of drug-likeness (QED) is 0.551. The normalized spacial score (nSPS) is 21.1. The third-order valence-corrected chi connectivity index (χ3v) is 2.50. The lowest BCUT2D eigenvalue weighted by atomic mass is 10.1. The highest BCUT2D eigenvalue weighted by atomic mass is 16.2. The molecular formula is C11H12N2O2. The number of carbonyl (C=O) groups excluding carboxylic acids is 2. The lowest BCUT2D eigenvalue weighted by molar-refractivity contribution is -0.122. The summed E-state index contributed by atoms with van der Waals surface area (Å²) in [7, 11) is 0. The molecule has 0 bridgehead atoms. The predicted molar refractivity (Wildman–Crippen MR) is 57.1 cm³/mol. The number of carbonyl (C=O) groups is 2. The first kappa shape index (κ1) is 9.71. The highest BCUT2D eigenvalue weighted by molar-refractivity contribution is 6.20. The number of nitrogen functional groups attached to an aromatic ring is 1. The molecule has 4 heteroatoms. The van der Waals surface area contributed by atoms with Crippen LogP contribution in [0.1, 0.15) is 13.3 Å². The monoisotopic (exact) mass is 204 g/mol. The van der Waals surface area contributed by atoms with E-state index < -0.39 is 0 Å². The first-order chi connectivity index (χ1) is 7.09. The van der Waals surface area contributed by atoms with Gasteiger partial charge in [-0.2, -0.15) is 0 Å². The van der Waals surface area contributed by atoms with Crippen LogP contribution < -0.4 is 10.6 Å². The lowest BCUT2D eigenvalue weighted by Gasteiger charge is -2.14. The SMILES string of the molecule is CC1CC(=O)N(c2cccc(N)c2)C1=O. The Morgan fingerprint density at radius 1 is 1.40 bits per heavy atom. The molecule has 78 valence electrons. The van der Waals surface area contributed by atoms with Crippen molar-refractivity contribution in [2.24, 2.45) is 5.92 Å². The van der Waals surface area contributed by atoms with Crippen LogP contribution >= 0.6 is 0 Å². The minimum absolute atomic E-state index is 0.148. The zero-order chi connectivity index (χ0) is 11.0. The molecule has 2 amide bonds. The van der Waals surface area contributed by atoms with Gasteiger partial charge in [0.25, 0.3) is 0 Å². The standard InChI is InChI=1S/C11H12N2O2/c1-7-5-10(14)13(11(7)15)9-4-2-3-8(12)6-9/h2-4,6-7H,5,12H2,1H3. The second kappa shape index (κ2) is 3.38. The van der Waals surface area contributed by atoms with Crippen LogP contribution in [0.5, 0.6) is 0 Å². The Morgan fingerprint density at radius 3 is 2.67 bits per heavy atom. The van der Waals surface area contributed by atoms with Crippen molar-refractivity contribution in [2.75, 3.05) is 10.6 Å². The number of anilines is 2. The fourth-order valence-electron chi connectivity index (χ4n) is 1.72. The fourth-order valence-corrected chi connectivity index (χ4v) is 1.72. The zero-order valence-electron chi connectivity index (χ0n) is 8.43. The van der Waals surface area contributed by atoms with Crippen molar-refractivity contribution >= 4 is 23.2 Å². The van der Waals surface area contributed by atoms with Gasteiger partial charge in [-0.05, 0) is 18.2 Å². The molecule has 0 saturated carbocycles. The van der Waals surface area contributed by atoms with Crippen LogP contribution in [0, 0.1) is 5.92 Å². The number of nitrogens with zero attached hydrogens (tertiary/aromatic N) is 1. The average molecular weight is 204 g/mol. The third-order valence-electron chi connectivity index (χ3n) is 2.50. The summed E-state index contributed by atoms with van der Waals surface area (Å²) in [5.41, 5.74) is 6.72. The molecule has 1 aliphatic heterocycles. The number of hydrogen-bond donors (Lipinski definition) is 1. The van der Waals surface area contributed by atoms with Crippen molar-refractivity contribution in [3.63, 3.8) is 0 Å². The summed E-state index contributed by atoms with van der Waals surface area (Å²) in [5, 5.41) is 0. The predicted octanol–water partition coefficient (Wildman–Crippen LogP) is 1.17. The van der Waals surface area contributed by atoms with Gasteiger partial charge in [0.1, 0.15) is 0 Å². The highest BCUT2D eigenvalue weighted by Crippen LogP contribution is 2.26. The molecule has 1 unspecified atom stereocenters. The topological polar surface area (TPSA) is 63.4 Å². The van der Waals surface area contributed by atoms with E-state index in [4.69, 9.17) is 5.73 Å². The maximum absolute atomic E-state index is 11.7. The number of imide groups is 1. The van der Waals surface area contributed by atoms with E-state index in [9.17, 15) is 9.59 Å². The summed E-state index contributed by atoms with van der Waals surface area (Å²) >= 11 is 0. The van der Waals surface area contributed by atoms with Crippen LogP contribution in [0.15, 0.2) is 24.3 Å². The van der Waals surface area contributed by atoms with Crippen molar-refractivity contribution in [1.29, 1.82) is 0 Å². The first-order valence-electron chi connectivity index (χ1n) is 4.82. The summed E-state index contributed by atoms with van der Waals surface area (Å²) in [5.74, 6) is -0.525. The number of benzene rings is 1. The first-order valence-corrected chi connectivity index (χ1v) is 4.82. The second-order valence-corrected chi connectivity index (χ2v) is 3.77. The molecule has 2 rings (SSSR count). The summed E-state index contributed by atoms with van der Waals surface area (Å²) in [6.45, 7) is 1.76. The summed E-state index contributed by atoms with van der Waals surface area (Å²) in [6, 6.07) is 6.80. The van der Waals surface area contributed by atoms with Gasteiger partial charge in [-0.25, -0.2) is 0 Å². The highest BCUT2D eigenvalue weighted by Gasteiger charge is 2.36. The Hall–Kier alpha value is -1.84. The Balaban J connectivity index is 2.39. The number of hydrogen-bond acceptors (Lipinski definition) is 3. The van der Waals surface area contributed by atoms with E-state index in [1.807, 2.05) is 0 Å². The molecular weight excluding hydrogens is 192 g/mol. The van der Waals surface area contributed by atoms with E-state index in [2.05, 4.69) is 0 Å². The molecule has 0 radical (unpaired) electrons. The zero-order valence-corrected chi connectivity index (χ0v) is 8.43. The van der Waals surface area contributed by atoms with Crippen LogP contribution in [0.2, 0.25) is 0 Å². The van der Waals surface area contributed by atoms with Crippen LogP contribution in [-0.4, -0.2) is 11.8 Å². The van der Waals surface area contributed by atoms with Gasteiger partial charge < -0.3 is 5.73 Å². The maximum Gasteiger partial charge on any atom is 0.237 e. The molecule has 1 aromatic carbocycles. The molecule has 4 nitrogen and oxygen atoms in total. The summed E-state index contributed by atoms with van der Waals surface area (Å²) in [4.78, 5) is 24.5. The minimum Gasteiger partial charge on any atom is -0.399 e. The van der Waals surface area contributed by atoms with E-state index in [1.54, 1.807) is 31.2 Å². The van der Waals surface area contributed by atoms with Crippen LogP contribution in [0.4, 0.5) is 11.4 Å². The Bertz CT molecular complexity index is 428. The third kappa shape index (κ3) is 1.58. The van der Waals surface area contributed by atoms with Gasteiger partial charge in [-0.1, -0.05) is 13.0 Å². The fraction of sp³-hybridized carbons (Fsp3) is 0.273. The maximum atomic E-state index is 11.7. The second-order valence-electron chi connectivity index (χ2n) is 3.77. The van der Waals surface area contributed by atoms with Gasteiger partial charge in [0.2, 0.25) is 11.8 Å². The van der Waals surface area contributed by atoms with E-state index in [0.29, 0.717) is 11.4 Å². The van der Waals surface area contributed by atoms with Crippen LogP contribution in [0.25, 0.3) is 0 Å². The smallest absolute Gasteiger partial charge is 0.237 e. The number of rotatable bonds is 1. The summed E-state index contributed by atoms with van der Waals surface area (Å²) < 4.78 is 0. The van der Waals surface area contributed by atoms with Crippen molar-refractivity contribution in [3.05, 3.63) is 24.3 Å². The van der Waals surface area contributed by atoms with Gasteiger partial charge in [0.15, 0.2) is 0 Å². The Morgan fingerprint density at radius 2 is 2.13 bits per heavy atom. The number of nitrogens with two attached hydrogens (primary N) is 1.